The molecule has 1 N–H and O–H groups in total. The smallest absolute Gasteiger partial charge is 0.318 e. The van der Waals surface area contributed by atoms with Crippen molar-refractivity contribution in [2.45, 2.75) is 52.3 Å². The Bertz CT molecular complexity index is 954. The zero-order chi connectivity index (χ0) is 21.9. The van der Waals surface area contributed by atoms with Crippen LogP contribution in [0.3, 0.4) is 0 Å². The summed E-state index contributed by atoms with van der Waals surface area (Å²) in [7, 11) is 0. The predicted molar refractivity (Wildman–Crippen MR) is 112 cm³/mol. The molecule has 1 aliphatic heterocycles. The molecule has 3 rings (SSSR count). The van der Waals surface area contributed by atoms with Crippen LogP contribution < -0.4 is 5.32 Å². The van der Waals surface area contributed by atoms with Gasteiger partial charge in [0.05, 0.1) is 18.8 Å². The number of amides is 2. The Morgan fingerprint density at radius 3 is 2.63 bits per heavy atom. The summed E-state index contributed by atoms with van der Waals surface area (Å²) in [6, 6.07) is 10.9. The van der Waals surface area contributed by atoms with Crippen LogP contribution in [-0.2, 0) is 11.4 Å². The molecule has 0 unspecified atom stereocenters. The Hall–Kier alpha value is -2.96. The molecule has 0 radical (unpaired) electrons. The fourth-order valence-corrected chi connectivity index (χ4v) is 3.30. The van der Waals surface area contributed by atoms with Crippen molar-refractivity contribution in [3.8, 4) is 0 Å². The van der Waals surface area contributed by atoms with Crippen LogP contribution in [0.1, 0.15) is 43.9 Å². The highest BCUT2D eigenvalue weighted by atomic mass is 19.1. The van der Waals surface area contributed by atoms with Crippen LogP contribution in [0.25, 0.3) is 0 Å². The number of nitrogens with one attached hydrogen (secondary N) is 1. The predicted octanol–water partition coefficient (Wildman–Crippen LogP) is 4.78. The summed E-state index contributed by atoms with van der Waals surface area (Å²) in [5.41, 5.74) is 2.70. The van der Waals surface area contributed by atoms with Crippen molar-refractivity contribution in [1.82, 2.24) is 10.2 Å². The number of halogens is 2. The summed E-state index contributed by atoms with van der Waals surface area (Å²) in [6.45, 7) is 7.82. The molecule has 0 spiro atoms. The molecule has 2 aromatic carbocycles. The van der Waals surface area contributed by atoms with Gasteiger partial charge in [-0.15, -0.1) is 0 Å². The minimum atomic E-state index is -0.687. The highest BCUT2D eigenvalue weighted by Crippen LogP contribution is 2.21. The topological polar surface area (TPSA) is 53.9 Å². The normalized spacial score (nSPS) is 16.1. The van der Waals surface area contributed by atoms with Gasteiger partial charge in [0.2, 0.25) is 0 Å². The van der Waals surface area contributed by atoms with Crippen LogP contribution in [0, 0.1) is 18.6 Å². The second-order valence-electron chi connectivity index (χ2n) is 8.58. The number of carbonyl (C=O) groups excluding carboxylic acids is 1. The quantitative estimate of drug-likeness (QED) is 0.764. The van der Waals surface area contributed by atoms with E-state index in [0.29, 0.717) is 6.42 Å². The van der Waals surface area contributed by atoms with Crippen LogP contribution in [0.5, 0.6) is 0 Å². The molecule has 0 aliphatic carbocycles. The number of carbonyl (C=O) groups is 1. The summed E-state index contributed by atoms with van der Waals surface area (Å²) in [6.07, 6.45) is 0.185. The third kappa shape index (κ3) is 5.55. The number of nitrogens with zero attached hydrogens (tertiary/aromatic N) is 2. The van der Waals surface area contributed by atoms with Crippen LogP contribution in [0.4, 0.5) is 13.6 Å². The number of urea groups is 1. The monoisotopic (exact) mass is 415 g/mol. The maximum absolute atomic E-state index is 14.2. The van der Waals surface area contributed by atoms with Gasteiger partial charge in [0.1, 0.15) is 11.6 Å². The zero-order valence-electron chi connectivity index (χ0n) is 17.7. The molecular weight excluding hydrogens is 388 g/mol. The molecule has 0 bridgehead atoms. The van der Waals surface area contributed by atoms with E-state index >= 15 is 0 Å². The molecule has 1 heterocycles. The SMILES string of the molecule is Cc1ccccc1C1=NO[C@H](CN(Cc2ccc(F)cc2F)C(=O)NC(C)(C)C)C1. The maximum atomic E-state index is 14.2. The highest BCUT2D eigenvalue weighted by molar-refractivity contribution is 6.02. The first-order chi connectivity index (χ1) is 14.1. The van der Waals surface area contributed by atoms with Crippen molar-refractivity contribution in [3.05, 3.63) is 70.8 Å². The average Bonchev–Trinajstić information content (AvgIpc) is 3.10. The summed E-state index contributed by atoms with van der Waals surface area (Å²) < 4.78 is 27.5. The van der Waals surface area contributed by atoms with Crippen molar-refractivity contribution >= 4 is 11.7 Å². The molecule has 7 heteroatoms. The fourth-order valence-electron chi connectivity index (χ4n) is 3.30. The highest BCUT2D eigenvalue weighted by Gasteiger charge is 2.29. The van der Waals surface area contributed by atoms with E-state index in [1.54, 1.807) is 0 Å². The van der Waals surface area contributed by atoms with Crippen molar-refractivity contribution in [2.75, 3.05) is 6.54 Å². The summed E-state index contributed by atoms with van der Waals surface area (Å²) in [5, 5.41) is 7.10. The van der Waals surface area contributed by atoms with Crippen LogP contribution >= 0.6 is 0 Å². The van der Waals surface area contributed by atoms with Crippen LogP contribution in [-0.4, -0.2) is 34.8 Å². The van der Waals surface area contributed by atoms with Gasteiger partial charge in [-0.3, -0.25) is 0 Å². The first-order valence-electron chi connectivity index (χ1n) is 9.92. The molecule has 2 amide bonds. The Balaban J connectivity index is 1.74. The Morgan fingerprint density at radius 2 is 1.97 bits per heavy atom. The van der Waals surface area contributed by atoms with E-state index < -0.39 is 17.2 Å². The number of rotatable bonds is 5. The Labute approximate surface area is 175 Å². The van der Waals surface area contributed by atoms with Crippen LogP contribution in [0.2, 0.25) is 0 Å². The third-order valence-electron chi connectivity index (χ3n) is 4.76. The second-order valence-corrected chi connectivity index (χ2v) is 8.58. The summed E-state index contributed by atoms with van der Waals surface area (Å²) in [4.78, 5) is 19.9. The van der Waals surface area contributed by atoms with E-state index in [2.05, 4.69) is 10.5 Å². The Kier molecular flexibility index (Phi) is 6.39. The molecular formula is C23H27F2N3O2. The lowest BCUT2D eigenvalue weighted by atomic mass is 10.0. The first-order valence-corrected chi connectivity index (χ1v) is 9.92. The minimum absolute atomic E-state index is 0.00636. The lowest BCUT2D eigenvalue weighted by Gasteiger charge is -2.29. The number of oxime groups is 1. The molecule has 160 valence electrons. The van der Waals surface area contributed by atoms with Crippen molar-refractivity contribution in [3.63, 3.8) is 0 Å². The van der Waals surface area contributed by atoms with Gasteiger partial charge >= 0.3 is 6.03 Å². The van der Waals surface area contributed by atoms with E-state index in [0.717, 1.165) is 22.9 Å². The van der Waals surface area contributed by atoms with Gasteiger partial charge in [-0.1, -0.05) is 35.5 Å². The van der Waals surface area contributed by atoms with Gasteiger partial charge in [-0.2, -0.15) is 0 Å². The molecule has 0 saturated heterocycles. The van der Waals surface area contributed by atoms with E-state index in [1.165, 1.54) is 17.0 Å². The van der Waals surface area contributed by atoms with Crippen molar-refractivity contribution in [1.29, 1.82) is 0 Å². The summed E-state index contributed by atoms with van der Waals surface area (Å²) >= 11 is 0. The first kappa shape index (κ1) is 21.7. The van der Waals surface area contributed by atoms with E-state index in [1.807, 2.05) is 52.0 Å². The average molecular weight is 415 g/mol. The Morgan fingerprint density at radius 1 is 1.23 bits per heavy atom. The molecule has 0 saturated carbocycles. The van der Waals surface area contributed by atoms with Gasteiger partial charge in [-0.05, 0) is 39.3 Å². The van der Waals surface area contributed by atoms with Gasteiger partial charge in [0.25, 0.3) is 0 Å². The minimum Gasteiger partial charge on any atom is -0.390 e. The largest absolute Gasteiger partial charge is 0.390 e. The number of hydrogen-bond acceptors (Lipinski definition) is 3. The lowest BCUT2D eigenvalue weighted by molar-refractivity contribution is 0.0578. The van der Waals surface area contributed by atoms with Gasteiger partial charge in [0.15, 0.2) is 6.10 Å². The number of benzene rings is 2. The number of aryl methyl sites for hydroxylation is 1. The van der Waals surface area contributed by atoms with E-state index in [9.17, 15) is 13.6 Å². The number of hydrogen-bond donors (Lipinski definition) is 1. The van der Waals surface area contributed by atoms with Crippen LogP contribution in [0.15, 0.2) is 47.6 Å². The molecule has 0 aromatic heterocycles. The van der Waals surface area contributed by atoms with Gasteiger partial charge in [-0.25, -0.2) is 13.6 Å². The van der Waals surface area contributed by atoms with Crippen molar-refractivity contribution < 1.29 is 18.4 Å². The molecule has 1 atom stereocenters. The maximum Gasteiger partial charge on any atom is 0.318 e. The van der Waals surface area contributed by atoms with E-state index in [4.69, 9.17) is 4.84 Å². The lowest BCUT2D eigenvalue weighted by Crippen LogP contribution is -2.50. The van der Waals surface area contributed by atoms with E-state index in [-0.39, 0.29) is 30.8 Å². The molecule has 2 aromatic rings. The molecule has 1 aliphatic rings. The van der Waals surface area contributed by atoms with Gasteiger partial charge < -0.3 is 15.1 Å². The third-order valence-corrected chi connectivity index (χ3v) is 4.76. The molecule has 0 fully saturated rings. The molecule has 5 nitrogen and oxygen atoms in total. The second kappa shape index (κ2) is 8.81. The molecule has 30 heavy (non-hydrogen) atoms. The van der Waals surface area contributed by atoms with Crippen molar-refractivity contribution in [2.24, 2.45) is 5.16 Å². The van der Waals surface area contributed by atoms with Gasteiger partial charge in [0, 0.05) is 29.2 Å². The standard InChI is InChI=1S/C23H27F2N3O2/c1-15-7-5-6-8-19(15)21-12-18(30-27-21)14-28(22(29)26-23(2,3)4)13-16-9-10-17(24)11-20(16)25/h5-11,18H,12-14H2,1-4H3,(H,26,29)/t18-/m0/s1. The summed E-state index contributed by atoms with van der Waals surface area (Å²) in [5.74, 6) is -1.34. The zero-order valence-corrected chi connectivity index (χ0v) is 17.7. The fraction of sp³-hybridized carbons (Fsp3) is 0.391.